The molecule has 0 saturated carbocycles. The fourth-order valence-corrected chi connectivity index (χ4v) is 5.98. The molecule has 0 bridgehead atoms. The van der Waals surface area contributed by atoms with Crippen LogP contribution in [-0.4, -0.2) is 48.0 Å². The highest BCUT2D eigenvalue weighted by Gasteiger charge is 2.21. The molecule has 1 fully saturated rings. The van der Waals surface area contributed by atoms with Crippen LogP contribution >= 0.6 is 21.6 Å². The highest BCUT2D eigenvalue weighted by atomic mass is 33.1. The molecule has 1 rings (SSSR count). The minimum absolute atomic E-state index is 0.135. The molecule has 0 spiro atoms. The Morgan fingerprint density at radius 3 is 2.55 bits per heavy atom. The predicted octanol–water partition coefficient (Wildman–Crippen LogP) is 5.80. The summed E-state index contributed by atoms with van der Waals surface area (Å²) in [5, 5.41) is 3.39. The van der Waals surface area contributed by atoms with Gasteiger partial charge in [0.15, 0.2) is 0 Å². The molecule has 1 amide bonds. The lowest BCUT2D eigenvalue weighted by molar-refractivity contribution is -0.165. The zero-order valence-electron chi connectivity index (χ0n) is 20.5. The second-order valence-electron chi connectivity index (χ2n) is 8.10. The highest BCUT2D eigenvalue weighted by molar-refractivity contribution is 8.77. The highest BCUT2D eigenvalue weighted by Crippen LogP contribution is 2.39. The van der Waals surface area contributed by atoms with Crippen molar-refractivity contribution in [3.63, 3.8) is 0 Å². The van der Waals surface area contributed by atoms with Gasteiger partial charge in [-0.25, -0.2) is 9.59 Å². The van der Waals surface area contributed by atoms with Gasteiger partial charge < -0.3 is 19.5 Å². The first-order valence-corrected chi connectivity index (χ1v) is 14.1. The third kappa shape index (κ3) is 13.0. The van der Waals surface area contributed by atoms with Crippen LogP contribution in [-0.2, 0) is 23.8 Å². The smallest absolute Gasteiger partial charge is 0.410 e. The van der Waals surface area contributed by atoms with E-state index in [1.807, 2.05) is 41.5 Å². The monoisotopic (exact) mass is 501 g/mol. The van der Waals surface area contributed by atoms with Crippen molar-refractivity contribution in [3.05, 3.63) is 23.8 Å². The van der Waals surface area contributed by atoms with Crippen molar-refractivity contribution in [1.82, 2.24) is 5.32 Å². The van der Waals surface area contributed by atoms with Gasteiger partial charge in [0.25, 0.3) is 0 Å². The Bertz CT molecular complexity index is 676. The Balaban J connectivity index is 2.24. The molecule has 0 aromatic carbocycles. The van der Waals surface area contributed by atoms with Crippen molar-refractivity contribution in [2.24, 2.45) is 5.92 Å². The number of amides is 1. The Morgan fingerprint density at radius 1 is 1.15 bits per heavy atom. The third-order valence-corrected chi connectivity index (χ3v) is 8.22. The van der Waals surface area contributed by atoms with Crippen LogP contribution < -0.4 is 5.32 Å². The molecule has 0 radical (unpaired) electrons. The number of carbonyl (C=O) groups excluding carboxylic acids is 3. The molecule has 7 nitrogen and oxygen atoms in total. The van der Waals surface area contributed by atoms with E-state index < -0.39 is 18.4 Å². The number of ether oxygens (including phenoxy) is 3. The molecule has 33 heavy (non-hydrogen) atoms. The summed E-state index contributed by atoms with van der Waals surface area (Å²) < 4.78 is 15.6. The molecule has 4 unspecified atom stereocenters. The van der Waals surface area contributed by atoms with E-state index >= 15 is 0 Å². The van der Waals surface area contributed by atoms with Gasteiger partial charge in [-0.3, -0.25) is 4.79 Å². The molecule has 188 valence electrons. The maximum Gasteiger partial charge on any atom is 0.410 e. The van der Waals surface area contributed by atoms with Crippen molar-refractivity contribution in [3.8, 4) is 0 Å². The van der Waals surface area contributed by atoms with Gasteiger partial charge in [0.1, 0.15) is 0 Å². The second-order valence-corrected chi connectivity index (χ2v) is 10.9. The molecule has 1 saturated heterocycles. The minimum Gasteiger partial charge on any atom is -0.462 e. The van der Waals surface area contributed by atoms with Crippen molar-refractivity contribution < 1.29 is 28.6 Å². The molecule has 0 aliphatic carbocycles. The summed E-state index contributed by atoms with van der Waals surface area (Å²) in [5.41, 5.74) is 0.496. The van der Waals surface area contributed by atoms with Gasteiger partial charge in [0.2, 0.25) is 6.29 Å². The molecule has 1 aliphatic rings. The molecule has 4 atom stereocenters. The SMILES string of the molecule is CC=C(C=CCC)C(=O)OCC(C)C(C)NC(=O)OC(C)OC(=O)CCCCC1CCSS1. The largest absolute Gasteiger partial charge is 0.462 e. The number of nitrogens with one attached hydrogen (secondary N) is 1. The summed E-state index contributed by atoms with van der Waals surface area (Å²) in [6.45, 7) is 9.10. The topological polar surface area (TPSA) is 90.9 Å². The number of allylic oxidation sites excluding steroid dienone is 2. The minimum atomic E-state index is -0.970. The number of alkyl carbamates (subject to hydrolysis) is 1. The van der Waals surface area contributed by atoms with Gasteiger partial charge in [-0.05, 0) is 39.5 Å². The van der Waals surface area contributed by atoms with E-state index in [1.165, 1.54) is 19.1 Å². The summed E-state index contributed by atoms with van der Waals surface area (Å²) in [6.07, 6.45) is 8.96. The van der Waals surface area contributed by atoms with E-state index in [4.69, 9.17) is 14.2 Å². The Kier molecular flexibility index (Phi) is 15.1. The van der Waals surface area contributed by atoms with Gasteiger partial charge in [-0.15, -0.1) is 0 Å². The normalized spacial score (nSPS) is 19.1. The molecule has 9 heteroatoms. The van der Waals surface area contributed by atoms with Crippen LogP contribution in [0.1, 0.15) is 73.1 Å². The second kappa shape index (κ2) is 16.9. The molecule has 1 aliphatic heterocycles. The summed E-state index contributed by atoms with van der Waals surface area (Å²) in [6, 6.07) is -0.305. The number of esters is 2. The molecular formula is C24H39NO6S2. The molecule has 1 heterocycles. The van der Waals surface area contributed by atoms with Crippen molar-refractivity contribution in [2.45, 2.75) is 90.7 Å². The van der Waals surface area contributed by atoms with E-state index in [-0.39, 0.29) is 24.5 Å². The Labute approximate surface area is 206 Å². The van der Waals surface area contributed by atoms with E-state index in [0.29, 0.717) is 17.2 Å². The first kappa shape index (κ1) is 29.4. The van der Waals surface area contributed by atoms with Gasteiger partial charge in [-0.1, -0.05) is 60.1 Å². The molecular weight excluding hydrogens is 462 g/mol. The summed E-state index contributed by atoms with van der Waals surface area (Å²) in [4.78, 5) is 36.2. The fraction of sp³-hybridized carbons (Fsp3) is 0.708. The standard InChI is InChI=1S/C24H39NO6S2/c1-6-8-11-20(7-2)23(27)29-16-17(3)18(4)25-24(28)31-19(5)30-22(26)13-10-9-12-21-14-15-32-33-21/h7-8,11,17-19,21H,6,9-10,12-16H2,1-5H3,(H,25,28). The third-order valence-electron chi connectivity index (χ3n) is 5.21. The summed E-state index contributed by atoms with van der Waals surface area (Å²) in [5.74, 6) is 0.313. The summed E-state index contributed by atoms with van der Waals surface area (Å²) in [7, 11) is 3.86. The van der Waals surface area contributed by atoms with Gasteiger partial charge in [0.05, 0.1) is 12.2 Å². The van der Waals surface area contributed by atoms with E-state index in [1.54, 1.807) is 26.0 Å². The van der Waals surface area contributed by atoms with Crippen LogP contribution in [0.5, 0.6) is 0 Å². The van der Waals surface area contributed by atoms with Crippen molar-refractivity contribution in [2.75, 3.05) is 12.4 Å². The van der Waals surface area contributed by atoms with E-state index in [9.17, 15) is 14.4 Å². The fourth-order valence-electron chi connectivity index (χ4n) is 2.95. The average molecular weight is 502 g/mol. The number of hydrogen-bond donors (Lipinski definition) is 1. The predicted molar refractivity (Wildman–Crippen MR) is 135 cm³/mol. The van der Waals surface area contributed by atoms with Gasteiger partial charge >= 0.3 is 18.0 Å². The molecule has 0 aromatic heterocycles. The Hall–Kier alpha value is -1.61. The first-order chi connectivity index (χ1) is 15.8. The lowest BCUT2D eigenvalue weighted by Gasteiger charge is -2.22. The lowest BCUT2D eigenvalue weighted by Crippen LogP contribution is -2.41. The number of unbranched alkanes of at least 4 members (excludes halogenated alkanes) is 1. The zero-order valence-corrected chi connectivity index (χ0v) is 22.1. The van der Waals surface area contributed by atoms with Gasteiger partial charge in [0, 0.05) is 36.3 Å². The van der Waals surface area contributed by atoms with Gasteiger partial charge in [-0.2, -0.15) is 0 Å². The number of rotatable bonds is 14. The lowest BCUT2D eigenvalue weighted by atomic mass is 10.1. The van der Waals surface area contributed by atoms with Crippen molar-refractivity contribution in [1.29, 1.82) is 0 Å². The zero-order chi connectivity index (χ0) is 24.6. The maximum absolute atomic E-state index is 12.1. The van der Waals surface area contributed by atoms with Crippen LogP contribution in [0.2, 0.25) is 0 Å². The van der Waals surface area contributed by atoms with E-state index in [0.717, 1.165) is 25.7 Å². The quantitative estimate of drug-likeness (QED) is 0.0798. The van der Waals surface area contributed by atoms with Crippen LogP contribution in [0.3, 0.4) is 0 Å². The maximum atomic E-state index is 12.1. The van der Waals surface area contributed by atoms with Crippen LogP contribution in [0.25, 0.3) is 0 Å². The average Bonchev–Trinajstić information content (AvgIpc) is 3.28. The van der Waals surface area contributed by atoms with Crippen LogP contribution in [0.15, 0.2) is 23.8 Å². The van der Waals surface area contributed by atoms with E-state index in [2.05, 4.69) is 5.32 Å². The number of hydrogen-bond acceptors (Lipinski definition) is 8. The van der Waals surface area contributed by atoms with Crippen molar-refractivity contribution >= 4 is 39.6 Å². The first-order valence-electron chi connectivity index (χ1n) is 11.7. The summed E-state index contributed by atoms with van der Waals surface area (Å²) >= 11 is 0. The van der Waals surface area contributed by atoms with Crippen LogP contribution in [0.4, 0.5) is 4.79 Å². The molecule has 0 aromatic rings. The van der Waals surface area contributed by atoms with Crippen LogP contribution in [0, 0.1) is 5.92 Å². The molecule has 1 N–H and O–H groups in total. The number of carbonyl (C=O) groups is 3. The Morgan fingerprint density at radius 2 is 1.91 bits per heavy atom.